The largest absolute Gasteiger partial charge is 0.496 e. The molecule has 0 saturated heterocycles. The van der Waals surface area contributed by atoms with E-state index >= 15 is 0 Å². The molecule has 0 aliphatic heterocycles. The predicted octanol–water partition coefficient (Wildman–Crippen LogP) is 14.5. The third-order valence-electron chi connectivity index (χ3n) is 13.1. The van der Waals surface area contributed by atoms with Crippen molar-refractivity contribution in [1.82, 2.24) is 0 Å². The minimum Gasteiger partial charge on any atom is -0.496 e. The van der Waals surface area contributed by atoms with Gasteiger partial charge in [0.2, 0.25) is 0 Å². The van der Waals surface area contributed by atoms with Crippen molar-refractivity contribution in [3.8, 4) is 33.8 Å². The summed E-state index contributed by atoms with van der Waals surface area (Å²) in [6.45, 7) is 36.4. The van der Waals surface area contributed by atoms with Gasteiger partial charge >= 0.3 is 0 Å². The van der Waals surface area contributed by atoms with E-state index < -0.39 is 18.5 Å². The van der Waals surface area contributed by atoms with E-state index in [1.807, 2.05) is 0 Å². The number of fused-ring (bicyclic) bond motifs is 2. The molecule has 0 aromatic heterocycles. The number of hydrogen-bond acceptors (Lipinski definition) is 2. The molecule has 4 aromatic rings. The molecule has 2 unspecified atom stereocenters. The van der Waals surface area contributed by atoms with Crippen molar-refractivity contribution in [2.24, 2.45) is 0 Å². The van der Waals surface area contributed by atoms with Crippen LogP contribution in [0.2, 0.25) is 0 Å². The number of hydrogen-bond donors (Lipinski definition) is 0. The van der Waals surface area contributed by atoms with Gasteiger partial charge in [-0.05, 0) is 139 Å². The molecular formula is C52H66Cl2O2SiZr. The molecule has 2 aliphatic carbocycles. The van der Waals surface area contributed by atoms with E-state index in [0.717, 1.165) is 33.8 Å². The number of rotatable bonds is 6. The molecule has 0 N–H and O–H groups in total. The van der Waals surface area contributed by atoms with Crippen LogP contribution in [0.5, 0.6) is 11.5 Å². The predicted molar refractivity (Wildman–Crippen MR) is 252 cm³/mol. The summed E-state index contributed by atoms with van der Waals surface area (Å²) in [5.74, 6) is 1.61. The zero-order valence-electron chi connectivity index (χ0n) is 38.6. The zero-order chi connectivity index (χ0) is 42.6. The van der Waals surface area contributed by atoms with Crippen molar-refractivity contribution in [3.05, 3.63) is 116 Å². The average molecular weight is 913 g/mol. The summed E-state index contributed by atoms with van der Waals surface area (Å²) >= 11 is 16.6. The van der Waals surface area contributed by atoms with Gasteiger partial charge in [0, 0.05) is 37.3 Å². The van der Waals surface area contributed by atoms with E-state index in [-0.39, 0.29) is 47.9 Å². The summed E-state index contributed by atoms with van der Waals surface area (Å²) in [5, 5.41) is 0. The Morgan fingerprint density at radius 3 is 0.983 bits per heavy atom. The average Bonchev–Trinajstić information content (AvgIpc) is 3.44. The summed E-state index contributed by atoms with van der Waals surface area (Å²) in [6, 6.07) is 23.0. The Labute approximate surface area is 382 Å². The molecule has 0 spiro atoms. The Morgan fingerprint density at radius 1 is 0.466 bits per heavy atom. The molecule has 0 saturated carbocycles. The summed E-state index contributed by atoms with van der Waals surface area (Å²) in [5.41, 5.74) is 19.1. The van der Waals surface area contributed by atoms with Crippen LogP contribution in [0.1, 0.15) is 155 Å². The fraction of sp³-hybridized carbons (Fsp3) is 0.462. The molecule has 0 amide bonds. The maximum Gasteiger partial charge on any atom is 0.124 e. The molecule has 4 aromatic carbocycles. The third-order valence-corrected chi connectivity index (χ3v) is 17.6. The maximum atomic E-state index is 8.32. The maximum absolute atomic E-state index is 8.32. The fourth-order valence-corrected chi connectivity index (χ4v) is 13.8. The fourth-order valence-electron chi connectivity index (χ4n) is 8.97. The van der Waals surface area contributed by atoms with Crippen molar-refractivity contribution >= 4 is 43.9 Å². The Morgan fingerprint density at radius 2 is 0.741 bits per heavy atom. The normalized spacial score (nSPS) is 19.9. The van der Waals surface area contributed by atoms with E-state index in [0.29, 0.717) is 0 Å². The number of allylic oxidation sites excluding steroid dienone is 4. The van der Waals surface area contributed by atoms with Gasteiger partial charge in [-0.3, -0.25) is 0 Å². The first-order valence-electron chi connectivity index (χ1n) is 20.6. The van der Waals surface area contributed by atoms with E-state index in [4.69, 9.17) is 32.7 Å². The third kappa shape index (κ3) is 7.85. The van der Waals surface area contributed by atoms with Crippen LogP contribution in [-0.2, 0) is 56.9 Å². The van der Waals surface area contributed by atoms with Crippen LogP contribution in [0.15, 0.2) is 71.8 Å². The Kier molecular flexibility index (Phi) is 12.5. The molecule has 6 rings (SSSR count). The Balaban J connectivity index is 0.00000641. The first-order chi connectivity index (χ1) is 26.1. The minimum atomic E-state index is -1.52. The standard InChI is InChI=1S/C52H66Cl2O2Si.Zr/c1-29-31(3)51(53,45-41(55-17)21-19-39(43(29)45)33-23-35(47(5,6)7)27-36(24-33)48(8,9)10)57-52(54)32(4)30(2)44-40(20-22-42(56-18)46(44)52)34-25-37(49(11,12)13)28-38(26-34)50(14,15)16;/h19-28H,57H2,1-18H3;. The Bertz CT molecular complexity index is 2130. The van der Waals surface area contributed by atoms with Crippen LogP contribution < -0.4 is 9.47 Å². The first kappa shape index (κ1) is 46.7. The van der Waals surface area contributed by atoms with Crippen LogP contribution >= 0.6 is 23.2 Å². The molecule has 2 atom stereocenters. The van der Waals surface area contributed by atoms with E-state index in [2.05, 4.69) is 171 Å². The second kappa shape index (κ2) is 15.5. The molecule has 0 bridgehead atoms. The van der Waals surface area contributed by atoms with Gasteiger partial charge in [-0.15, -0.1) is 23.2 Å². The summed E-state index contributed by atoms with van der Waals surface area (Å²) in [7, 11) is 2.00. The molecular weight excluding hydrogens is 847 g/mol. The second-order valence-corrected chi connectivity index (χ2v) is 25.7. The smallest absolute Gasteiger partial charge is 0.124 e. The number of alkyl halides is 2. The van der Waals surface area contributed by atoms with Crippen LogP contribution in [0.25, 0.3) is 33.4 Å². The van der Waals surface area contributed by atoms with E-state index in [1.165, 1.54) is 66.8 Å². The molecule has 0 fully saturated rings. The van der Waals surface area contributed by atoms with Crippen molar-refractivity contribution in [3.63, 3.8) is 0 Å². The van der Waals surface area contributed by atoms with Gasteiger partial charge in [0.1, 0.15) is 11.5 Å². The van der Waals surface area contributed by atoms with Crippen LogP contribution in [0.3, 0.4) is 0 Å². The van der Waals surface area contributed by atoms with Gasteiger partial charge in [0.15, 0.2) is 0 Å². The van der Waals surface area contributed by atoms with Crippen LogP contribution in [-0.4, -0.2) is 23.7 Å². The molecule has 308 valence electrons. The molecule has 6 heteroatoms. The number of halogens is 2. The van der Waals surface area contributed by atoms with Crippen LogP contribution in [0, 0.1) is 0 Å². The minimum absolute atomic E-state index is 0. The van der Waals surface area contributed by atoms with E-state index in [1.54, 1.807) is 14.2 Å². The topological polar surface area (TPSA) is 18.5 Å². The van der Waals surface area contributed by atoms with Crippen molar-refractivity contribution in [2.45, 2.75) is 141 Å². The van der Waals surface area contributed by atoms with Gasteiger partial charge in [0.25, 0.3) is 0 Å². The number of methoxy groups -OCH3 is 2. The SMILES string of the molecule is COc1ccc(-c2cc(C(C)(C)C)cc(C(C)(C)C)c2)c2c1C(Cl)([SiH2]C1(Cl)C(C)=C(C)c3c(-c4cc(C(C)(C)C)cc(C(C)(C)C)c4)ccc(OC)c31)C(C)=C2C.[Zr]. The van der Waals surface area contributed by atoms with E-state index in [9.17, 15) is 0 Å². The van der Waals surface area contributed by atoms with Gasteiger partial charge in [-0.1, -0.05) is 132 Å². The van der Waals surface area contributed by atoms with Crippen LogP contribution in [0.4, 0.5) is 0 Å². The quantitative estimate of drug-likeness (QED) is 0.142. The molecule has 2 nitrogen and oxygen atoms in total. The van der Waals surface area contributed by atoms with Crippen molar-refractivity contribution in [1.29, 1.82) is 0 Å². The monoisotopic (exact) mass is 910 g/mol. The second-order valence-electron chi connectivity index (χ2n) is 21.0. The molecule has 0 radical (unpaired) electrons. The first-order valence-corrected chi connectivity index (χ1v) is 22.8. The summed E-state index contributed by atoms with van der Waals surface area (Å²) in [6.07, 6.45) is 0. The van der Waals surface area contributed by atoms with Crippen molar-refractivity contribution in [2.75, 3.05) is 14.2 Å². The van der Waals surface area contributed by atoms with Crippen molar-refractivity contribution < 1.29 is 35.7 Å². The number of ether oxygens (including phenoxy) is 2. The number of benzene rings is 4. The zero-order valence-corrected chi connectivity index (χ0v) is 43.9. The summed E-state index contributed by atoms with van der Waals surface area (Å²) in [4.78, 5) is 0. The molecule has 58 heavy (non-hydrogen) atoms. The van der Waals surface area contributed by atoms with Gasteiger partial charge in [-0.25, -0.2) is 0 Å². The van der Waals surface area contributed by atoms with Gasteiger partial charge in [-0.2, -0.15) is 0 Å². The van der Waals surface area contributed by atoms with Gasteiger partial charge < -0.3 is 9.47 Å². The molecule has 0 heterocycles. The van der Waals surface area contributed by atoms with Gasteiger partial charge in [0.05, 0.1) is 32.7 Å². The Hall–Kier alpha value is -2.36. The molecule has 2 aliphatic rings. The summed E-state index contributed by atoms with van der Waals surface area (Å²) < 4.78 is 10.8.